The third kappa shape index (κ3) is 3.42. The number of hydrogen-bond acceptors (Lipinski definition) is 6. The molecule has 0 saturated carbocycles. The Hall–Kier alpha value is -3.02. The highest BCUT2D eigenvalue weighted by atomic mass is 16.7. The summed E-state index contributed by atoms with van der Waals surface area (Å²) in [6.07, 6.45) is 5.04. The van der Waals surface area contributed by atoms with Gasteiger partial charge < -0.3 is 19.7 Å². The van der Waals surface area contributed by atoms with E-state index in [4.69, 9.17) is 19.4 Å². The minimum Gasteiger partial charge on any atom is -0.454 e. The molecule has 2 aromatic carbocycles. The molecule has 1 fully saturated rings. The first-order valence-corrected chi connectivity index (χ1v) is 10.0. The molecule has 28 heavy (non-hydrogen) atoms. The average Bonchev–Trinajstić information content (AvgIpc) is 3.03. The Labute approximate surface area is 164 Å². The summed E-state index contributed by atoms with van der Waals surface area (Å²) in [5, 5.41) is 4.52. The molecule has 0 atom stereocenters. The first kappa shape index (κ1) is 17.1. The molecule has 5 rings (SSSR count). The molecule has 1 N–H and O–H groups in total. The fourth-order valence-corrected chi connectivity index (χ4v) is 3.89. The van der Waals surface area contributed by atoms with Crippen molar-refractivity contribution in [3.8, 4) is 11.5 Å². The van der Waals surface area contributed by atoms with Crippen molar-refractivity contribution in [1.82, 2.24) is 9.97 Å². The second-order valence-corrected chi connectivity index (χ2v) is 7.33. The molecule has 0 aliphatic carbocycles. The number of para-hydroxylation sites is 1. The van der Waals surface area contributed by atoms with Crippen LogP contribution in [0, 0.1) is 0 Å². The maximum atomic E-state index is 5.47. The Bertz CT molecular complexity index is 983. The molecule has 144 valence electrons. The molecule has 0 amide bonds. The molecule has 6 nitrogen and oxygen atoms in total. The molecule has 2 aliphatic heterocycles. The molecule has 3 aromatic rings. The zero-order valence-electron chi connectivity index (χ0n) is 15.9. The van der Waals surface area contributed by atoms with E-state index in [0.717, 1.165) is 46.9 Å². The van der Waals surface area contributed by atoms with Gasteiger partial charge >= 0.3 is 0 Å². The predicted molar refractivity (Wildman–Crippen MR) is 110 cm³/mol. The number of nitrogens with one attached hydrogen (secondary N) is 1. The summed E-state index contributed by atoms with van der Waals surface area (Å²) < 4.78 is 10.9. The highest BCUT2D eigenvalue weighted by Crippen LogP contribution is 2.33. The van der Waals surface area contributed by atoms with Gasteiger partial charge in [-0.15, -0.1) is 0 Å². The number of rotatable bonds is 4. The highest BCUT2D eigenvalue weighted by molar-refractivity contribution is 5.90. The standard InChI is InChI=1S/C22H24N4O2/c1-2-6-12-26(11-5-1)21-17-7-3-4-8-18(17)24-22(25-21)23-14-16-9-10-19-20(13-16)28-15-27-19/h3-4,7-10,13H,1-2,5-6,11-12,14-15H2,(H,23,24,25). The van der Waals surface area contributed by atoms with E-state index in [0.29, 0.717) is 19.3 Å². The van der Waals surface area contributed by atoms with Crippen molar-refractivity contribution < 1.29 is 9.47 Å². The largest absolute Gasteiger partial charge is 0.454 e. The first-order valence-electron chi connectivity index (χ1n) is 10.0. The first-order chi connectivity index (χ1) is 13.9. The van der Waals surface area contributed by atoms with Crippen molar-refractivity contribution >= 4 is 22.7 Å². The second-order valence-electron chi connectivity index (χ2n) is 7.33. The van der Waals surface area contributed by atoms with Crippen molar-refractivity contribution in [3.63, 3.8) is 0 Å². The van der Waals surface area contributed by atoms with Crippen LogP contribution in [-0.2, 0) is 6.54 Å². The van der Waals surface area contributed by atoms with Crippen LogP contribution in [0.4, 0.5) is 11.8 Å². The quantitative estimate of drug-likeness (QED) is 0.730. The summed E-state index contributed by atoms with van der Waals surface area (Å²) in [6.45, 7) is 3.04. The Morgan fingerprint density at radius 3 is 2.61 bits per heavy atom. The monoisotopic (exact) mass is 376 g/mol. The lowest BCUT2D eigenvalue weighted by atomic mass is 10.2. The van der Waals surface area contributed by atoms with Crippen LogP contribution >= 0.6 is 0 Å². The van der Waals surface area contributed by atoms with Gasteiger partial charge in [0, 0.05) is 25.0 Å². The Morgan fingerprint density at radius 2 is 1.71 bits per heavy atom. The lowest BCUT2D eigenvalue weighted by Gasteiger charge is -2.23. The van der Waals surface area contributed by atoms with E-state index in [1.165, 1.54) is 25.7 Å². The maximum Gasteiger partial charge on any atom is 0.231 e. The molecule has 6 heteroatoms. The van der Waals surface area contributed by atoms with E-state index in [1.807, 2.05) is 24.3 Å². The summed E-state index contributed by atoms with van der Waals surface area (Å²) in [5.74, 6) is 3.30. The number of benzene rings is 2. The Balaban J connectivity index is 1.42. The summed E-state index contributed by atoms with van der Waals surface area (Å²) in [5.41, 5.74) is 2.09. The van der Waals surface area contributed by atoms with E-state index < -0.39 is 0 Å². The van der Waals surface area contributed by atoms with E-state index in [2.05, 4.69) is 28.4 Å². The predicted octanol–water partition coefficient (Wildman–Crippen LogP) is 4.35. The van der Waals surface area contributed by atoms with Crippen LogP contribution < -0.4 is 19.7 Å². The van der Waals surface area contributed by atoms with E-state index in [-0.39, 0.29) is 0 Å². The molecular formula is C22H24N4O2. The molecule has 0 radical (unpaired) electrons. The van der Waals surface area contributed by atoms with Gasteiger partial charge in [0.25, 0.3) is 0 Å². The molecule has 0 unspecified atom stereocenters. The third-order valence-corrected chi connectivity index (χ3v) is 5.38. The topological polar surface area (TPSA) is 59.5 Å². The van der Waals surface area contributed by atoms with Gasteiger partial charge in [-0.1, -0.05) is 31.0 Å². The smallest absolute Gasteiger partial charge is 0.231 e. The second kappa shape index (κ2) is 7.54. The number of nitrogens with zero attached hydrogens (tertiary/aromatic N) is 3. The van der Waals surface area contributed by atoms with Gasteiger partial charge in [0.1, 0.15) is 5.82 Å². The normalized spacial score (nSPS) is 16.2. The Kier molecular flexibility index (Phi) is 4.61. The Morgan fingerprint density at radius 1 is 0.893 bits per heavy atom. The van der Waals surface area contributed by atoms with Gasteiger partial charge in [-0.05, 0) is 42.7 Å². The molecule has 1 saturated heterocycles. The minimum absolute atomic E-state index is 0.291. The van der Waals surface area contributed by atoms with Gasteiger partial charge in [0.05, 0.1) is 5.52 Å². The van der Waals surface area contributed by atoms with Crippen LogP contribution in [0.5, 0.6) is 11.5 Å². The van der Waals surface area contributed by atoms with Crippen LogP contribution in [0.1, 0.15) is 31.2 Å². The van der Waals surface area contributed by atoms with Gasteiger partial charge in [0.2, 0.25) is 12.7 Å². The summed E-state index contributed by atoms with van der Waals surface area (Å²) in [6, 6.07) is 14.3. The lowest BCUT2D eigenvalue weighted by Crippen LogP contribution is -2.25. The number of anilines is 2. The van der Waals surface area contributed by atoms with Crippen molar-refractivity contribution in [3.05, 3.63) is 48.0 Å². The number of hydrogen-bond donors (Lipinski definition) is 1. The zero-order chi connectivity index (χ0) is 18.8. The van der Waals surface area contributed by atoms with Crippen LogP contribution in [0.2, 0.25) is 0 Å². The molecular weight excluding hydrogens is 352 g/mol. The molecule has 0 spiro atoms. The van der Waals surface area contributed by atoms with Crippen LogP contribution in [0.3, 0.4) is 0 Å². The lowest BCUT2D eigenvalue weighted by molar-refractivity contribution is 0.174. The SMILES string of the molecule is c1ccc2c(N3CCCCCC3)nc(NCc3ccc4c(c3)OCO4)nc2c1. The van der Waals surface area contributed by atoms with Gasteiger partial charge in [-0.3, -0.25) is 0 Å². The van der Waals surface area contributed by atoms with Crippen molar-refractivity contribution in [2.24, 2.45) is 0 Å². The summed E-state index contributed by atoms with van der Waals surface area (Å²) >= 11 is 0. The summed E-state index contributed by atoms with van der Waals surface area (Å²) in [4.78, 5) is 12.1. The van der Waals surface area contributed by atoms with E-state index in [9.17, 15) is 0 Å². The van der Waals surface area contributed by atoms with Gasteiger partial charge in [-0.2, -0.15) is 4.98 Å². The number of fused-ring (bicyclic) bond motifs is 2. The van der Waals surface area contributed by atoms with Crippen LogP contribution in [0.25, 0.3) is 10.9 Å². The van der Waals surface area contributed by atoms with Gasteiger partial charge in [0.15, 0.2) is 11.5 Å². The number of aromatic nitrogens is 2. The molecule has 0 bridgehead atoms. The average molecular weight is 376 g/mol. The molecule has 3 heterocycles. The van der Waals surface area contributed by atoms with E-state index in [1.54, 1.807) is 0 Å². The zero-order valence-corrected chi connectivity index (χ0v) is 15.9. The molecule has 2 aliphatic rings. The van der Waals surface area contributed by atoms with E-state index >= 15 is 0 Å². The van der Waals surface area contributed by atoms with Crippen LogP contribution in [0.15, 0.2) is 42.5 Å². The number of ether oxygens (including phenoxy) is 2. The van der Waals surface area contributed by atoms with Gasteiger partial charge in [-0.25, -0.2) is 4.98 Å². The highest BCUT2D eigenvalue weighted by Gasteiger charge is 2.17. The van der Waals surface area contributed by atoms with Crippen molar-refractivity contribution in [2.45, 2.75) is 32.2 Å². The third-order valence-electron chi connectivity index (χ3n) is 5.38. The fraction of sp³-hybridized carbons (Fsp3) is 0.364. The van der Waals surface area contributed by atoms with Crippen molar-refractivity contribution in [2.75, 3.05) is 30.1 Å². The van der Waals surface area contributed by atoms with Crippen molar-refractivity contribution in [1.29, 1.82) is 0 Å². The maximum absolute atomic E-state index is 5.47. The fourth-order valence-electron chi connectivity index (χ4n) is 3.89. The summed E-state index contributed by atoms with van der Waals surface area (Å²) in [7, 11) is 0. The molecule has 1 aromatic heterocycles. The van der Waals surface area contributed by atoms with Crippen LogP contribution in [-0.4, -0.2) is 29.9 Å². The minimum atomic E-state index is 0.291.